The SMILES string of the molecule is Cc1ccc(-c2c(CCl)nnn2-c2ccccc2C(F)(F)F)cc1. The van der Waals surface area contributed by atoms with Crippen molar-refractivity contribution in [3.63, 3.8) is 0 Å². The molecule has 3 aromatic rings. The van der Waals surface area contributed by atoms with Crippen LogP contribution in [0, 0.1) is 6.92 Å². The van der Waals surface area contributed by atoms with Gasteiger partial charge in [0.2, 0.25) is 0 Å². The van der Waals surface area contributed by atoms with Gasteiger partial charge in [-0.05, 0) is 19.1 Å². The van der Waals surface area contributed by atoms with Gasteiger partial charge < -0.3 is 0 Å². The summed E-state index contributed by atoms with van der Waals surface area (Å²) in [4.78, 5) is 0. The van der Waals surface area contributed by atoms with Gasteiger partial charge in [-0.1, -0.05) is 47.2 Å². The summed E-state index contributed by atoms with van der Waals surface area (Å²) in [7, 11) is 0. The number of para-hydroxylation sites is 1. The van der Waals surface area contributed by atoms with Crippen LogP contribution in [0.15, 0.2) is 48.5 Å². The molecule has 3 nitrogen and oxygen atoms in total. The van der Waals surface area contributed by atoms with E-state index >= 15 is 0 Å². The molecular weight excluding hydrogens is 339 g/mol. The average molecular weight is 352 g/mol. The molecule has 3 rings (SSSR count). The molecule has 0 radical (unpaired) electrons. The Balaban J connectivity index is 2.25. The zero-order valence-electron chi connectivity index (χ0n) is 12.7. The second kappa shape index (κ2) is 6.28. The highest BCUT2D eigenvalue weighted by Gasteiger charge is 2.34. The van der Waals surface area contributed by atoms with E-state index in [2.05, 4.69) is 10.3 Å². The number of hydrogen-bond donors (Lipinski definition) is 0. The van der Waals surface area contributed by atoms with E-state index in [9.17, 15) is 13.2 Å². The molecule has 0 atom stereocenters. The summed E-state index contributed by atoms with van der Waals surface area (Å²) in [5.41, 5.74) is 1.78. The molecule has 0 spiro atoms. The van der Waals surface area contributed by atoms with E-state index in [1.54, 1.807) is 0 Å². The first-order chi connectivity index (χ1) is 11.4. The quantitative estimate of drug-likeness (QED) is 0.622. The number of halogens is 4. The van der Waals surface area contributed by atoms with Crippen molar-refractivity contribution in [3.05, 3.63) is 65.4 Å². The first-order valence-corrected chi connectivity index (χ1v) is 7.69. The van der Waals surface area contributed by atoms with Gasteiger partial charge in [0.25, 0.3) is 0 Å². The maximum Gasteiger partial charge on any atom is 0.418 e. The third-order valence-electron chi connectivity index (χ3n) is 3.63. The van der Waals surface area contributed by atoms with Crippen LogP contribution >= 0.6 is 11.6 Å². The van der Waals surface area contributed by atoms with Crippen LogP contribution < -0.4 is 0 Å². The third kappa shape index (κ3) is 3.01. The van der Waals surface area contributed by atoms with Gasteiger partial charge in [-0.3, -0.25) is 0 Å². The Morgan fingerprint density at radius 1 is 1.04 bits per heavy atom. The second-order valence-corrected chi connectivity index (χ2v) is 5.58. The van der Waals surface area contributed by atoms with Gasteiger partial charge in [-0.25, -0.2) is 4.68 Å². The van der Waals surface area contributed by atoms with Crippen LogP contribution in [-0.4, -0.2) is 15.0 Å². The normalized spacial score (nSPS) is 11.7. The summed E-state index contributed by atoms with van der Waals surface area (Å²) in [6, 6.07) is 12.7. The van der Waals surface area contributed by atoms with E-state index in [1.807, 2.05) is 31.2 Å². The predicted molar refractivity (Wildman–Crippen MR) is 86.1 cm³/mol. The molecule has 24 heavy (non-hydrogen) atoms. The molecule has 0 bridgehead atoms. The zero-order valence-corrected chi connectivity index (χ0v) is 13.4. The standard InChI is InChI=1S/C17H13ClF3N3/c1-11-6-8-12(9-7-11)16-14(10-18)22-23-24(16)15-5-3-2-4-13(15)17(19,20)21/h2-9H,10H2,1H3. The van der Waals surface area contributed by atoms with Crippen LogP contribution in [-0.2, 0) is 12.1 Å². The zero-order chi connectivity index (χ0) is 17.3. The number of hydrogen-bond acceptors (Lipinski definition) is 2. The van der Waals surface area contributed by atoms with Crippen molar-refractivity contribution in [1.29, 1.82) is 0 Å². The van der Waals surface area contributed by atoms with Gasteiger partial charge in [0.1, 0.15) is 5.69 Å². The molecule has 0 aliphatic heterocycles. The van der Waals surface area contributed by atoms with E-state index in [0.29, 0.717) is 17.0 Å². The van der Waals surface area contributed by atoms with Crippen molar-refractivity contribution < 1.29 is 13.2 Å². The number of alkyl halides is 4. The maximum absolute atomic E-state index is 13.3. The molecule has 0 aliphatic rings. The minimum Gasteiger partial charge on any atom is -0.212 e. The van der Waals surface area contributed by atoms with Crippen molar-refractivity contribution >= 4 is 11.6 Å². The summed E-state index contributed by atoms with van der Waals surface area (Å²) in [6.45, 7) is 1.93. The topological polar surface area (TPSA) is 30.7 Å². The highest BCUT2D eigenvalue weighted by molar-refractivity contribution is 6.17. The highest BCUT2D eigenvalue weighted by atomic mass is 35.5. The summed E-state index contributed by atoms with van der Waals surface area (Å²) in [6.07, 6.45) is -4.49. The molecule has 1 aromatic heterocycles. The van der Waals surface area contributed by atoms with E-state index in [-0.39, 0.29) is 11.6 Å². The number of aromatic nitrogens is 3. The van der Waals surface area contributed by atoms with Crippen LogP contribution in [0.2, 0.25) is 0 Å². The number of benzene rings is 2. The van der Waals surface area contributed by atoms with Crippen LogP contribution in [0.1, 0.15) is 16.8 Å². The van der Waals surface area contributed by atoms with Crippen molar-refractivity contribution in [2.45, 2.75) is 19.0 Å². The molecule has 1 heterocycles. The molecule has 124 valence electrons. The number of aryl methyl sites for hydroxylation is 1. The Kier molecular flexibility index (Phi) is 4.32. The molecule has 0 saturated carbocycles. The predicted octanol–water partition coefficient (Wildman–Crippen LogP) is 5.00. The van der Waals surface area contributed by atoms with Gasteiger partial charge in [0.15, 0.2) is 0 Å². The Hall–Kier alpha value is -2.34. The van der Waals surface area contributed by atoms with Crippen molar-refractivity contribution in [1.82, 2.24) is 15.0 Å². The Morgan fingerprint density at radius 2 is 1.71 bits per heavy atom. The van der Waals surface area contributed by atoms with Crippen molar-refractivity contribution in [2.75, 3.05) is 0 Å². The first kappa shape index (κ1) is 16.5. The van der Waals surface area contributed by atoms with Gasteiger partial charge >= 0.3 is 6.18 Å². The smallest absolute Gasteiger partial charge is 0.212 e. The molecule has 0 saturated heterocycles. The lowest BCUT2D eigenvalue weighted by atomic mass is 10.1. The summed E-state index contributed by atoms with van der Waals surface area (Å²) < 4.78 is 41.2. The lowest BCUT2D eigenvalue weighted by molar-refractivity contribution is -0.137. The molecule has 0 N–H and O–H groups in total. The fourth-order valence-corrected chi connectivity index (χ4v) is 2.65. The van der Waals surface area contributed by atoms with E-state index in [0.717, 1.165) is 11.6 Å². The van der Waals surface area contributed by atoms with Gasteiger partial charge in [-0.2, -0.15) is 13.2 Å². The molecule has 0 fully saturated rings. The second-order valence-electron chi connectivity index (χ2n) is 5.31. The summed E-state index contributed by atoms with van der Waals surface area (Å²) >= 11 is 5.91. The molecule has 2 aromatic carbocycles. The Bertz CT molecular complexity index is 854. The fourth-order valence-electron chi connectivity index (χ4n) is 2.47. The fraction of sp³-hybridized carbons (Fsp3) is 0.176. The maximum atomic E-state index is 13.3. The summed E-state index contributed by atoms with van der Waals surface area (Å²) in [5.74, 6) is 0.0530. The Labute approximate surface area is 141 Å². The molecule has 0 amide bonds. The lowest BCUT2D eigenvalue weighted by Gasteiger charge is -2.14. The first-order valence-electron chi connectivity index (χ1n) is 7.16. The van der Waals surface area contributed by atoms with Crippen molar-refractivity contribution in [2.24, 2.45) is 0 Å². The monoisotopic (exact) mass is 351 g/mol. The minimum absolute atomic E-state index is 0.0530. The third-order valence-corrected chi connectivity index (χ3v) is 3.88. The van der Waals surface area contributed by atoms with Crippen LogP contribution in [0.25, 0.3) is 16.9 Å². The van der Waals surface area contributed by atoms with Gasteiger partial charge in [-0.15, -0.1) is 16.7 Å². The number of rotatable bonds is 3. The molecule has 0 aliphatic carbocycles. The Morgan fingerprint density at radius 3 is 2.33 bits per heavy atom. The van der Waals surface area contributed by atoms with E-state index in [4.69, 9.17) is 11.6 Å². The number of nitrogens with zero attached hydrogens (tertiary/aromatic N) is 3. The lowest BCUT2D eigenvalue weighted by Crippen LogP contribution is -2.12. The minimum atomic E-state index is -4.49. The molecular formula is C17H13ClF3N3. The van der Waals surface area contributed by atoms with Crippen LogP contribution in [0.3, 0.4) is 0 Å². The average Bonchev–Trinajstić information content (AvgIpc) is 2.98. The van der Waals surface area contributed by atoms with Gasteiger partial charge in [0, 0.05) is 5.56 Å². The molecule has 0 unspecified atom stereocenters. The summed E-state index contributed by atoms with van der Waals surface area (Å²) in [5, 5.41) is 7.86. The largest absolute Gasteiger partial charge is 0.418 e. The van der Waals surface area contributed by atoms with Gasteiger partial charge in [0.05, 0.1) is 22.8 Å². The molecule has 7 heteroatoms. The highest BCUT2D eigenvalue weighted by Crippen LogP contribution is 2.35. The van der Waals surface area contributed by atoms with Crippen LogP contribution in [0.4, 0.5) is 13.2 Å². The van der Waals surface area contributed by atoms with Crippen LogP contribution in [0.5, 0.6) is 0 Å². The van der Waals surface area contributed by atoms with E-state index in [1.165, 1.54) is 22.9 Å². The van der Waals surface area contributed by atoms with Crippen molar-refractivity contribution in [3.8, 4) is 16.9 Å². The van der Waals surface area contributed by atoms with E-state index < -0.39 is 11.7 Å².